The lowest BCUT2D eigenvalue weighted by molar-refractivity contribution is -0.155. The molecule has 0 aromatic rings. The first-order chi connectivity index (χ1) is 5.99. The second-order valence-corrected chi connectivity index (χ2v) is 3.36. The van der Waals surface area contributed by atoms with Crippen LogP contribution in [0.25, 0.3) is 0 Å². The molecule has 14 heavy (non-hydrogen) atoms. The highest BCUT2D eigenvalue weighted by atomic mass is 24.3. The van der Waals surface area contributed by atoms with Gasteiger partial charge >= 0.3 is 35.0 Å². The second kappa shape index (κ2) is 8.05. The summed E-state index contributed by atoms with van der Waals surface area (Å²) in [7, 11) is 0. The molecule has 0 aliphatic carbocycles. The molecule has 2 N–H and O–H groups in total. The Hall–Kier alpha value is -0.294. The van der Waals surface area contributed by atoms with Crippen molar-refractivity contribution in [1.29, 1.82) is 0 Å². The monoisotopic (exact) mass is 214 g/mol. The van der Waals surface area contributed by atoms with Gasteiger partial charge in [-0.15, -0.1) is 0 Å². The molecule has 1 atom stereocenters. The quantitative estimate of drug-likeness (QED) is 0.504. The van der Waals surface area contributed by atoms with Crippen LogP contribution in [-0.4, -0.2) is 45.2 Å². The molecule has 0 amide bonds. The van der Waals surface area contributed by atoms with Gasteiger partial charge in [0.15, 0.2) is 5.92 Å². The third kappa shape index (κ3) is 6.20. The number of aliphatic carboxylic acids is 2. The van der Waals surface area contributed by atoms with Crippen molar-refractivity contribution in [2.45, 2.75) is 33.1 Å². The van der Waals surface area contributed by atoms with Crippen LogP contribution >= 0.6 is 0 Å². The highest BCUT2D eigenvalue weighted by molar-refractivity contribution is 5.92. The van der Waals surface area contributed by atoms with Crippen molar-refractivity contribution >= 4 is 35.0 Å². The first-order valence-electron chi connectivity index (χ1n) is 4.44. The Morgan fingerprint density at radius 2 is 1.64 bits per heavy atom. The van der Waals surface area contributed by atoms with Gasteiger partial charge in [0, 0.05) is 0 Å². The van der Waals surface area contributed by atoms with Gasteiger partial charge in [0.1, 0.15) is 0 Å². The van der Waals surface area contributed by atoms with Crippen molar-refractivity contribution in [2.75, 3.05) is 0 Å². The van der Waals surface area contributed by atoms with Crippen LogP contribution in [0.1, 0.15) is 33.1 Å². The molecule has 1 unspecified atom stereocenters. The lowest BCUT2D eigenvalue weighted by atomic mass is 9.93. The summed E-state index contributed by atoms with van der Waals surface area (Å²) in [5.74, 6) is -3.57. The Morgan fingerprint density at radius 3 is 1.93 bits per heavy atom. The van der Waals surface area contributed by atoms with E-state index in [2.05, 4.69) is 0 Å². The average Bonchev–Trinajstić information content (AvgIpc) is 1.99. The van der Waals surface area contributed by atoms with E-state index in [1.165, 1.54) is 0 Å². The minimum atomic E-state index is -1.25. The first-order valence-corrected chi connectivity index (χ1v) is 4.44. The molecule has 0 saturated heterocycles. The number of carboxylic acid groups (broad SMARTS) is 2. The van der Waals surface area contributed by atoms with Gasteiger partial charge in [-0.25, -0.2) is 0 Å². The van der Waals surface area contributed by atoms with Crippen LogP contribution in [-0.2, 0) is 9.59 Å². The van der Waals surface area contributed by atoms with E-state index in [-0.39, 0.29) is 35.4 Å². The van der Waals surface area contributed by atoms with Crippen LogP contribution in [0, 0.1) is 11.8 Å². The van der Waals surface area contributed by atoms with Crippen molar-refractivity contribution < 1.29 is 19.8 Å². The molecular formula is C9H18MgO4. The van der Waals surface area contributed by atoms with Crippen LogP contribution in [0.15, 0.2) is 0 Å². The Morgan fingerprint density at radius 1 is 1.21 bits per heavy atom. The van der Waals surface area contributed by atoms with E-state index in [4.69, 9.17) is 10.2 Å². The third-order valence-electron chi connectivity index (χ3n) is 2.02. The molecule has 4 nitrogen and oxygen atoms in total. The fourth-order valence-corrected chi connectivity index (χ4v) is 1.32. The van der Waals surface area contributed by atoms with Crippen LogP contribution in [0.5, 0.6) is 0 Å². The summed E-state index contributed by atoms with van der Waals surface area (Å²) >= 11 is 0. The number of rotatable bonds is 6. The summed E-state index contributed by atoms with van der Waals surface area (Å²) < 4.78 is 0. The van der Waals surface area contributed by atoms with Crippen molar-refractivity contribution in [3.05, 3.63) is 0 Å². The maximum atomic E-state index is 10.5. The molecule has 5 heteroatoms. The molecule has 80 valence electrons. The largest absolute Gasteiger partial charge is 0.481 e. The fourth-order valence-electron chi connectivity index (χ4n) is 1.32. The van der Waals surface area contributed by atoms with Crippen LogP contribution < -0.4 is 0 Å². The Kier molecular flexibility index (Phi) is 9.29. The van der Waals surface area contributed by atoms with E-state index >= 15 is 0 Å². The van der Waals surface area contributed by atoms with Crippen molar-refractivity contribution in [1.82, 2.24) is 0 Å². The van der Waals surface area contributed by atoms with Gasteiger partial charge in [0.25, 0.3) is 0 Å². The lowest BCUT2D eigenvalue weighted by Crippen LogP contribution is -2.25. The molecule has 0 bridgehead atoms. The van der Waals surface area contributed by atoms with Crippen molar-refractivity contribution in [3.8, 4) is 0 Å². The molecule has 0 radical (unpaired) electrons. The maximum absolute atomic E-state index is 10.5. The predicted octanol–water partition coefficient (Wildman–Crippen LogP) is 0.682. The van der Waals surface area contributed by atoms with Gasteiger partial charge in [-0.05, 0) is 12.3 Å². The van der Waals surface area contributed by atoms with Gasteiger partial charge in [-0.2, -0.15) is 0 Å². The molecule has 0 saturated carbocycles. The molecule has 0 rings (SSSR count). The number of carboxylic acids is 2. The molecular weight excluding hydrogens is 196 g/mol. The van der Waals surface area contributed by atoms with Gasteiger partial charge in [0.2, 0.25) is 0 Å². The van der Waals surface area contributed by atoms with E-state index in [0.29, 0.717) is 0 Å². The number of hydrogen-bond donors (Lipinski definition) is 2. The zero-order valence-electron chi connectivity index (χ0n) is 7.99. The molecule has 0 aromatic heterocycles. The van der Waals surface area contributed by atoms with E-state index in [9.17, 15) is 9.59 Å². The number of hydrogen-bond acceptors (Lipinski definition) is 2. The highest BCUT2D eigenvalue weighted by Gasteiger charge is 2.27. The fraction of sp³-hybridized carbons (Fsp3) is 0.778. The summed E-state index contributed by atoms with van der Waals surface area (Å²) in [5, 5.41) is 17.2. The summed E-state index contributed by atoms with van der Waals surface area (Å²) in [4.78, 5) is 21.0. The Labute approximate surface area is 99.8 Å². The standard InChI is InChI=1S/C9H16O4.Mg.2H/c1-3-4-6(2)5-7(8(10)11)9(12)13;;;/h6-7H,3-5H2,1-2H3,(H,10,11)(H,12,13);;;. The summed E-state index contributed by atoms with van der Waals surface area (Å²) in [6, 6.07) is 0. The normalized spacial score (nSPS) is 11.9. The van der Waals surface area contributed by atoms with Crippen LogP contribution in [0.3, 0.4) is 0 Å². The summed E-state index contributed by atoms with van der Waals surface area (Å²) in [5.41, 5.74) is 0. The molecule has 0 aromatic carbocycles. The summed E-state index contributed by atoms with van der Waals surface area (Å²) in [6.45, 7) is 3.87. The molecule has 0 spiro atoms. The number of carbonyl (C=O) groups is 2. The van der Waals surface area contributed by atoms with Crippen LogP contribution in [0.4, 0.5) is 0 Å². The predicted molar refractivity (Wildman–Crippen MR) is 56.0 cm³/mol. The third-order valence-corrected chi connectivity index (χ3v) is 2.02. The molecule has 0 aliphatic rings. The minimum Gasteiger partial charge on any atom is -0.481 e. The van der Waals surface area contributed by atoms with Gasteiger partial charge in [-0.1, -0.05) is 26.7 Å². The van der Waals surface area contributed by atoms with Gasteiger partial charge < -0.3 is 10.2 Å². The topological polar surface area (TPSA) is 74.6 Å². The zero-order chi connectivity index (χ0) is 10.4. The maximum Gasteiger partial charge on any atom is 0.317 e. The Bertz CT molecular complexity index is 179. The first kappa shape index (κ1) is 16.1. The smallest absolute Gasteiger partial charge is 0.317 e. The van der Waals surface area contributed by atoms with Crippen molar-refractivity contribution in [3.63, 3.8) is 0 Å². The van der Waals surface area contributed by atoms with E-state index in [0.717, 1.165) is 12.8 Å². The van der Waals surface area contributed by atoms with Crippen molar-refractivity contribution in [2.24, 2.45) is 11.8 Å². The summed E-state index contributed by atoms with van der Waals surface area (Å²) in [6.07, 6.45) is 2.04. The SMILES string of the molecule is CCCC(C)CC(C(=O)O)C(=O)O.[MgH2]. The van der Waals surface area contributed by atoms with Crippen LogP contribution in [0.2, 0.25) is 0 Å². The Balaban J connectivity index is 0. The van der Waals surface area contributed by atoms with Gasteiger partial charge in [-0.3, -0.25) is 9.59 Å². The zero-order valence-corrected chi connectivity index (χ0v) is 7.99. The average molecular weight is 215 g/mol. The van der Waals surface area contributed by atoms with E-state index in [1.807, 2.05) is 13.8 Å². The van der Waals surface area contributed by atoms with E-state index < -0.39 is 17.9 Å². The van der Waals surface area contributed by atoms with Gasteiger partial charge in [0.05, 0.1) is 0 Å². The van der Waals surface area contributed by atoms with E-state index in [1.54, 1.807) is 0 Å². The highest BCUT2D eigenvalue weighted by Crippen LogP contribution is 2.17. The molecule has 0 aliphatic heterocycles. The molecule has 0 heterocycles. The minimum absolute atomic E-state index is 0. The second-order valence-electron chi connectivity index (χ2n) is 3.36. The lowest BCUT2D eigenvalue weighted by Gasteiger charge is -2.12. The molecule has 0 fully saturated rings.